The summed E-state index contributed by atoms with van der Waals surface area (Å²) < 4.78 is 3.90. The highest BCUT2D eigenvalue weighted by molar-refractivity contribution is 6.13. The molecule has 0 aromatic carbocycles. The molecule has 0 amide bonds. The van der Waals surface area contributed by atoms with E-state index in [0.717, 1.165) is 9.80 Å². The molecule has 0 aromatic heterocycles. The third kappa shape index (κ3) is 10.5. The van der Waals surface area contributed by atoms with Gasteiger partial charge in [-0.05, 0) is 0 Å². The molecule has 0 saturated heterocycles. The van der Waals surface area contributed by atoms with Gasteiger partial charge in [-0.25, -0.2) is 4.79 Å². The molecule has 3 N–H and O–H groups in total. The Kier molecular flexibility index (Phi) is 9.01. The van der Waals surface area contributed by atoms with E-state index in [1.807, 2.05) is 0 Å². The van der Waals surface area contributed by atoms with Gasteiger partial charge in [0.2, 0.25) is 0 Å². The van der Waals surface area contributed by atoms with Crippen LogP contribution in [0.2, 0.25) is 0 Å². The minimum absolute atomic E-state index is 0.0428. The molecule has 0 fully saturated rings. The third-order valence-corrected chi connectivity index (χ3v) is 2.42. The van der Waals surface area contributed by atoms with Crippen LogP contribution in [0.25, 0.3) is 0 Å². The molecule has 0 radical (unpaired) electrons. The molecule has 0 saturated carbocycles. The number of carbonyl (C=O) groups is 4. The summed E-state index contributed by atoms with van der Waals surface area (Å²) in [6, 6.07) is 0. The molecule has 0 heterocycles. The number of hydrogen-bond donors (Lipinski definition) is 3. The van der Waals surface area contributed by atoms with Crippen molar-refractivity contribution in [2.24, 2.45) is 0 Å². The fraction of sp³-hybridized carbons (Fsp3) is 0.600. The molecule has 21 heavy (non-hydrogen) atoms. The van der Waals surface area contributed by atoms with E-state index in [9.17, 15) is 19.2 Å². The first-order valence-electron chi connectivity index (χ1n) is 5.66. The van der Waals surface area contributed by atoms with Crippen molar-refractivity contribution in [3.8, 4) is 0 Å². The molecule has 0 atom stereocenters. The Bertz CT molecular complexity index is 387. The van der Waals surface area contributed by atoms with Crippen molar-refractivity contribution in [3.05, 3.63) is 0 Å². The summed E-state index contributed by atoms with van der Waals surface area (Å²) in [6.07, 6.45) is 0. The Morgan fingerprint density at radius 1 is 0.762 bits per heavy atom. The molecule has 11 heteroatoms. The van der Waals surface area contributed by atoms with Crippen molar-refractivity contribution in [1.82, 2.24) is 9.80 Å². The van der Waals surface area contributed by atoms with Crippen LogP contribution in [0, 0.1) is 0 Å². The monoisotopic (exact) mass is 326 g/mol. The highest BCUT2D eigenvalue weighted by Crippen LogP contribution is 1.96. The second kappa shape index (κ2) is 9.91. The van der Waals surface area contributed by atoms with Crippen LogP contribution in [0.5, 0.6) is 0 Å². The summed E-state index contributed by atoms with van der Waals surface area (Å²) in [4.78, 5) is 45.1. The van der Waals surface area contributed by atoms with Crippen LogP contribution in [-0.4, -0.2) is 88.3 Å². The van der Waals surface area contributed by atoms with Gasteiger partial charge in [-0.3, -0.25) is 24.2 Å². The second-order valence-electron chi connectivity index (χ2n) is 4.05. The van der Waals surface area contributed by atoms with Crippen LogP contribution in [-0.2, 0) is 23.5 Å². The molecule has 120 valence electrons. The first-order valence-corrected chi connectivity index (χ1v) is 5.97. The zero-order chi connectivity index (χ0) is 16.4. The standard InChI is InChI=1S/C10H15ClN2O8/c11-21-10(20)6-13(5-9(18)19)2-1-12(3-7(14)15)4-8(16)17/h1-6H2,(H,14,15)(H,16,17)(H,18,19). The van der Waals surface area contributed by atoms with Gasteiger partial charge in [-0.15, -0.1) is 0 Å². The van der Waals surface area contributed by atoms with Crippen molar-refractivity contribution in [3.63, 3.8) is 0 Å². The maximum atomic E-state index is 11.0. The Balaban J connectivity index is 4.56. The van der Waals surface area contributed by atoms with Crippen LogP contribution in [0.15, 0.2) is 0 Å². The summed E-state index contributed by atoms with van der Waals surface area (Å²) in [5, 5.41) is 26.0. The van der Waals surface area contributed by atoms with Gasteiger partial charge in [0, 0.05) is 13.1 Å². The van der Waals surface area contributed by atoms with Crippen LogP contribution < -0.4 is 0 Å². The van der Waals surface area contributed by atoms with Crippen molar-refractivity contribution >= 4 is 35.7 Å². The number of carboxylic acid groups (broad SMARTS) is 3. The van der Waals surface area contributed by atoms with Gasteiger partial charge in [-0.1, -0.05) is 0 Å². The molecular weight excluding hydrogens is 312 g/mol. The summed E-state index contributed by atoms with van der Waals surface area (Å²) >= 11 is 4.84. The molecule has 0 bridgehead atoms. The van der Waals surface area contributed by atoms with E-state index < -0.39 is 50.1 Å². The predicted molar refractivity (Wildman–Crippen MR) is 67.7 cm³/mol. The highest BCUT2D eigenvalue weighted by Gasteiger charge is 2.18. The maximum Gasteiger partial charge on any atom is 0.338 e. The molecule has 0 spiro atoms. The molecule has 10 nitrogen and oxygen atoms in total. The van der Waals surface area contributed by atoms with Crippen molar-refractivity contribution in [1.29, 1.82) is 0 Å². The Hall–Kier alpha value is -1.91. The van der Waals surface area contributed by atoms with Crippen LogP contribution in [0.4, 0.5) is 0 Å². The number of carbonyl (C=O) groups excluding carboxylic acids is 1. The maximum absolute atomic E-state index is 11.0. The lowest BCUT2D eigenvalue weighted by molar-refractivity contribution is -0.144. The lowest BCUT2D eigenvalue weighted by atomic mass is 10.4. The lowest BCUT2D eigenvalue weighted by Gasteiger charge is -2.23. The van der Waals surface area contributed by atoms with Crippen molar-refractivity contribution in [2.75, 3.05) is 39.3 Å². The number of nitrogens with zero attached hydrogens (tertiary/aromatic N) is 2. The highest BCUT2D eigenvalue weighted by atomic mass is 35.5. The fourth-order valence-electron chi connectivity index (χ4n) is 1.49. The van der Waals surface area contributed by atoms with E-state index in [0.29, 0.717) is 0 Å². The summed E-state index contributed by atoms with van der Waals surface area (Å²) in [6.45, 7) is -2.05. The average molecular weight is 327 g/mol. The number of hydrogen-bond acceptors (Lipinski definition) is 7. The van der Waals surface area contributed by atoms with Gasteiger partial charge in [-0.2, -0.15) is 0 Å². The van der Waals surface area contributed by atoms with E-state index in [2.05, 4.69) is 4.29 Å². The topological polar surface area (TPSA) is 145 Å². The normalized spacial score (nSPS) is 10.6. The van der Waals surface area contributed by atoms with E-state index in [-0.39, 0.29) is 13.1 Å². The Labute approximate surface area is 124 Å². The van der Waals surface area contributed by atoms with Crippen LogP contribution >= 0.6 is 11.9 Å². The number of rotatable bonds is 11. The molecule has 0 aromatic rings. The van der Waals surface area contributed by atoms with Gasteiger partial charge in [0.15, 0.2) is 0 Å². The predicted octanol–water partition coefficient (Wildman–Crippen LogP) is -1.46. The minimum Gasteiger partial charge on any atom is -0.480 e. The molecule has 0 aliphatic rings. The SMILES string of the molecule is O=C(O)CN(CCN(CC(=O)O)CC(=O)OCl)CC(=O)O. The molecule has 0 rings (SSSR count). The number of carboxylic acids is 3. The molecular formula is C10H15ClN2O8. The molecule has 0 unspecified atom stereocenters. The third-order valence-electron chi connectivity index (χ3n) is 2.25. The quantitative estimate of drug-likeness (QED) is 0.412. The van der Waals surface area contributed by atoms with Crippen LogP contribution in [0.1, 0.15) is 0 Å². The van der Waals surface area contributed by atoms with E-state index in [1.165, 1.54) is 0 Å². The Morgan fingerprint density at radius 3 is 1.38 bits per heavy atom. The number of halogens is 1. The summed E-state index contributed by atoms with van der Waals surface area (Å²) in [7, 11) is 0. The fourth-order valence-corrected chi connectivity index (χ4v) is 1.54. The van der Waals surface area contributed by atoms with E-state index >= 15 is 0 Å². The number of aliphatic carboxylic acids is 3. The van der Waals surface area contributed by atoms with Gasteiger partial charge in [0.25, 0.3) is 0 Å². The second-order valence-corrected chi connectivity index (χ2v) is 4.21. The van der Waals surface area contributed by atoms with Gasteiger partial charge >= 0.3 is 23.9 Å². The lowest BCUT2D eigenvalue weighted by Crippen LogP contribution is -2.43. The zero-order valence-electron chi connectivity index (χ0n) is 10.9. The smallest absolute Gasteiger partial charge is 0.338 e. The first-order chi connectivity index (χ1) is 9.74. The molecule has 0 aliphatic heterocycles. The van der Waals surface area contributed by atoms with Gasteiger partial charge < -0.3 is 19.6 Å². The van der Waals surface area contributed by atoms with Crippen LogP contribution in [0.3, 0.4) is 0 Å². The zero-order valence-corrected chi connectivity index (χ0v) is 11.7. The van der Waals surface area contributed by atoms with Gasteiger partial charge in [0.1, 0.15) is 11.9 Å². The first kappa shape index (κ1) is 19.1. The largest absolute Gasteiger partial charge is 0.480 e. The van der Waals surface area contributed by atoms with Crippen molar-refractivity contribution < 1.29 is 38.8 Å². The summed E-state index contributed by atoms with van der Waals surface area (Å²) in [5.74, 6) is -4.52. The summed E-state index contributed by atoms with van der Waals surface area (Å²) in [5.41, 5.74) is 0. The molecule has 0 aliphatic carbocycles. The van der Waals surface area contributed by atoms with Crippen molar-refractivity contribution in [2.45, 2.75) is 0 Å². The average Bonchev–Trinajstić information content (AvgIpc) is 2.33. The minimum atomic E-state index is -1.22. The van der Waals surface area contributed by atoms with Gasteiger partial charge in [0.05, 0.1) is 26.2 Å². The van der Waals surface area contributed by atoms with E-state index in [4.69, 9.17) is 27.2 Å². The Morgan fingerprint density at radius 2 is 1.10 bits per heavy atom. The van der Waals surface area contributed by atoms with E-state index in [1.54, 1.807) is 0 Å².